The summed E-state index contributed by atoms with van der Waals surface area (Å²) in [6.07, 6.45) is 4.64. The third kappa shape index (κ3) is 5.99. The molecule has 1 aliphatic carbocycles. The first-order valence-electron chi connectivity index (χ1n) is 13.6. The standard InChI is InChI=1S/C32H33ClN4O3S/c1-19-16-21(20(2)36(19)25-11-13-26(14-12-25)37(39)40)18-34-31-29(30(38)35-24-9-7-23(33)8-10-24)27-15-6-22(32(3,4)5)17-28(27)41-31/h7-14,16,18,22H,6,15,17H2,1-5H3,(H,35,38)/t22-/m1/s1. The molecule has 5 rings (SSSR count). The first kappa shape index (κ1) is 28.8. The summed E-state index contributed by atoms with van der Waals surface area (Å²) in [6.45, 7) is 10.8. The number of carbonyl (C=O) groups is 1. The number of hydrogen-bond donors (Lipinski definition) is 1. The lowest BCUT2D eigenvalue weighted by molar-refractivity contribution is -0.384. The maximum atomic E-state index is 13.7. The summed E-state index contributed by atoms with van der Waals surface area (Å²) in [6, 6.07) is 15.7. The summed E-state index contributed by atoms with van der Waals surface area (Å²) in [5.74, 6) is 0.376. The minimum Gasteiger partial charge on any atom is -0.322 e. The van der Waals surface area contributed by atoms with Crippen LogP contribution in [0.25, 0.3) is 5.69 Å². The van der Waals surface area contributed by atoms with Crippen LogP contribution in [0.15, 0.2) is 59.6 Å². The smallest absolute Gasteiger partial charge is 0.269 e. The van der Waals surface area contributed by atoms with E-state index in [1.807, 2.05) is 30.7 Å². The number of fused-ring (bicyclic) bond motifs is 1. The van der Waals surface area contributed by atoms with Gasteiger partial charge in [0.2, 0.25) is 0 Å². The van der Waals surface area contributed by atoms with Gasteiger partial charge < -0.3 is 9.88 Å². The van der Waals surface area contributed by atoms with E-state index in [4.69, 9.17) is 16.6 Å². The average Bonchev–Trinajstić information content (AvgIpc) is 3.43. The Morgan fingerprint density at radius 3 is 2.46 bits per heavy atom. The zero-order valence-corrected chi connectivity index (χ0v) is 25.4. The van der Waals surface area contributed by atoms with E-state index in [-0.39, 0.29) is 17.0 Å². The highest BCUT2D eigenvalue weighted by Crippen LogP contribution is 2.45. The molecule has 0 unspecified atom stereocenters. The van der Waals surface area contributed by atoms with Crippen LogP contribution >= 0.6 is 22.9 Å². The first-order valence-corrected chi connectivity index (χ1v) is 14.8. The largest absolute Gasteiger partial charge is 0.322 e. The minimum atomic E-state index is -0.401. The first-order chi connectivity index (χ1) is 19.4. The molecule has 0 saturated heterocycles. The molecule has 212 valence electrons. The number of non-ortho nitro benzene ring substituents is 1. The number of nitrogens with one attached hydrogen (secondary N) is 1. The molecule has 0 fully saturated rings. The molecule has 2 aromatic heterocycles. The minimum absolute atomic E-state index is 0.0535. The van der Waals surface area contributed by atoms with E-state index in [0.717, 1.165) is 47.5 Å². The van der Waals surface area contributed by atoms with Gasteiger partial charge in [-0.25, -0.2) is 4.99 Å². The number of anilines is 1. The summed E-state index contributed by atoms with van der Waals surface area (Å²) in [5, 5.41) is 15.4. The summed E-state index contributed by atoms with van der Waals surface area (Å²) in [4.78, 5) is 30.5. The van der Waals surface area contributed by atoms with Gasteiger partial charge in [-0.1, -0.05) is 32.4 Å². The van der Waals surface area contributed by atoms with Crippen molar-refractivity contribution >= 4 is 51.4 Å². The second-order valence-electron chi connectivity index (χ2n) is 11.6. The van der Waals surface area contributed by atoms with Crippen LogP contribution in [0, 0.1) is 35.3 Å². The number of halogens is 1. The lowest BCUT2D eigenvalue weighted by Gasteiger charge is -2.33. The van der Waals surface area contributed by atoms with E-state index in [9.17, 15) is 14.9 Å². The normalized spacial score (nSPS) is 15.2. The molecule has 0 spiro atoms. The number of carbonyl (C=O) groups excluding carboxylic acids is 1. The number of nitro groups is 1. The molecule has 0 radical (unpaired) electrons. The molecule has 0 bridgehead atoms. The zero-order valence-electron chi connectivity index (χ0n) is 23.8. The Hall–Kier alpha value is -3.75. The number of nitrogens with zero attached hydrogens (tertiary/aromatic N) is 3. The third-order valence-electron chi connectivity index (χ3n) is 7.91. The number of amides is 1. The summed E-state index contributed by atoms with van der Waals surface area (Å²) in [5.41, 5.74) is 6.38. The Bertz CT molecular complexity index is 1640. The van der Waals surface area contributed by atoms with Gasteiger partial charge in [-0.15, -0.1) is 11.3 Å². The lowest BCUT2D eigenvalue weighted by Crippen LogP contribution is -2.27. The van der Waals surface area contributed by atoms with Crippen LogP contribution in [-0.4, -0.2) is 21.6 Å². The number of thiophene rings is 1. The summed E-state index contributed by atoms with van der Waals surface area (Å²) >= 11 is 7.65. The Labute approximate surface area is 249 Å². The Balaban J connectivity index is 1.50. The average molecular weight is 589 g/mol. The van der Waals surface area contributed by atoms with Crippen LogP contribution < -0.4 is 5.32 Å². The van der Waals surface area contributed by atoms with E-state index >= 15 is 0 Å². The molecule has 2 aromatic carbocycles. The highest BCUT2D eigenvalue weighted by atomic mass is 35.5. The predicted octanol–water partition coefficient (Wildman–Crippen LogP) is 8.87. The molecular formula is C32H33ClN4O3S. The molecule has 0 aliphatic heterocycles. The van der Waals surface area contributed by atoms with Gasteiger partial charge in [-0.3, -0.25) is 14.9 Å². The van der Waals surface area contributed by atoms with Gasteiger partial charge in [0, 0.05) is 56.6 Å². The Morgan fingerprint density at radius 2 is 1.83 bits per heavy atom. The predicted molar refractivity (Wildman–Crippen MR) is 168 cm³/mol. The number of rotatable bonds is 6. The molecule has 1 amide bonds. The van der Waals surface area contributed by atoms with Crippen molar-refractivity contribution < 1.29 is 9.72 Å². The van der Waals surface area contributed by atoms with Crippen LogP contribution in [0.5, 0.6) is 0 Å². The Kier molecular flexibility index (Phi) is 7.90. The van der Waals surface area contributed by atoms with Crippen LogP contribution in [0.1, 0.15) is 64.9 Å². The van der Waals surface area contributed by atoms with Crippen molar-refractivity contribution in [3.63, 3.8) is 0 Å². The fourth-order valence-corrected chi connectivity index (χ4v) is 6.92. The zero-order chi connectivity index (χ0) is 29.5. The fraction of sp³-hybridized carbons (Fsp3) is 0.312. The highest BCUT2D eigenvalue weighted by molar-refractivity contribution is 7.16. The molecule has 1 aliphatic rings. The summed E-state index contributed by atoms with van der Waals surface area (Å²) < 4.78 is 2.05. The number of aliphatic imine (C=N–C) groups is 1. The number of hydrogen-bond acceptors (Lipinski definition) is 5. The van der Waals surface area contributed by atoms with Crippen LogP contribution in [-0.2, 0) is 12.8 Å². The molecule has 9 heteroatoms. The van der Waals surface area contributed by atoms with Crippen molar-refractivity contribution in [2.75, 3.05) is 5.32 Å². The molecule has 7 nitrogen and oxygen atoms in total. The highest BCUT2D eigenvalue weighted by Gasteiger charge is 2.33. The van der Waals surface area contributed by atoms with E-state index in [1.165, 1.54) is 17.0 Å². The third-order valence-corrected chi connectivity index (χ3v) is 9.32. The molecule has 0 saturated carbocycles. The van der Waals surface area contributed by atoms with Crippen molar-refractivity contribution in [2.45, 2.75) is 53.9 Å². The number of benzene rings is 2. The molecular weight excluding hydrogens is 556 g/mol. The van der Waals surface area contributed by atoms with Crippen LogP contribution in [0.2, 0.25) is 5.02 Å². The fourth-order valence-electron chi connectivity index (χ4n) is 5.53. The maximum Gasteiger partial charge on any atom is 0.269 e. The van der Waals surface area contributed by atoms with Crippen molar-refractivity contribution in [2.24, 2.45) is 16.3 Å². The van der Waals surface area contributed by atoms with Gasteiger partial charge in [0.25, 0.3) is 11.6 Å². The van der Waals surface area contributed by atoms with Crippen molar-refractivity contribution in [3.8, 4) is 5.69 Å². The lowest BCUT2D eigenvalue weighted by atomic mass is 9.72. The van der Waals surface area contributed by atoms with Gasteiger partial charge in [-0.05, 0) is 92.5 Å². The Morgan fingerprint density at radius 1 is 1.15 bits per heavy atom. The topological polar surface area (TPSA) is 89.5 Å². The molecule has 1 N–H and O–H groups in total. The van der Waals surface area contributed by atoms with Crippen molar-refractivity contribution in [3.05, 3.63) is 103 Å². The monoisotopic (exact) mass is 588 g/mol. The quantitative estimate of drug-likeness (QED) is 0.138. The SMILES string of the molecule is Cc1cc(C=Nc2sc3c(c2C(=O)Nc2ccc(Cl)cc2)CC[C@@H](C(C)(C)C)C3)c(C)n1-c1ccc([N+](=O)[O-])cc1. The van der Waals surface area contributed by atoms with Crippen LogP contribution in [0.4, 0.5) is 16.4 Å². The number of aromatic nitrogens is 1. The van der Waals surface area contributed by atoms with Gasteiger partial charge in [0.1, 0.15) is 5.00 Å². The van der Waals surface area contributed by atoms with E-state index in [1.54, 1.807) is 47.7 Å². The summed E-state index contributed by atoms with van der Waals surface area (Å²) in [7, 11) is 0. The number of aryl methyl sites for hydroxylation is 1. The molecule has 41 heavy (non-hydrogen) atoms. The van der Waals surface area contributed by atoms with E-state index < -0.39 is 4.92 Å². The molecule has 4 aromatic rings. The number of nitro benzene ring substituents is 1. The van der Waals surface area contributed by atoms with Gasteiger partial charge in [-0.2, -0.15) is 0 Å². The van der Waals surface area contributed by atoms with Gasteiger partial charge >= 0.3 is 0 Å². The molecule has 2 heterocycles. The second kappa shape index (κ2) is 11.3. The maximum absolute atomic E-state index is 13.7. The van der Waals surface area contributed by atoms with Gasteiger partial charge in [0.05, 0.1) is 10.5 Å². The van der Waals surface area contributed by atoms with Gasteiger partial charge in [0.15, 0.2) is 0 Å². The van der Waals surface area contributed by atoms with E-state index in [2.05, 4.69) is 26.1 Å². The second-order valence-corrected chi connectivity index (χ2v) is 13.2. The molecule has 1 atom stereocenters. The van der Waals surface area contributed by atoms with Crippen molar-refractivity contribution in [1.82, 2.24) is 4.57 Å². The van der Waals surface area contributed by atoms with Crippen LogP contribution in [0.3, 0.4) is 0 Å². The van der Waals surface area contributed by atoms with Crippen molar-refractivity contribution in [1.29, 1.82) is 0 Å². The van der Waals surface area contributed by atoms with E-state index in [0.29, 0.717) is 27.2 Å².